The van der Waals surface area contributed by atoms with Gasteiger partial charge in [-0.15, -0.1) is 0 Å². The van der Waals surface area contributed by atoms with Crippen LogP contribution in [0.4, 0.5) is 0 Å². The topological polar surface area (TPSA) is 15.3 Å². The van der Waals surface area contributed by atoms with Crippen LogP contribution in [-0.4, -0.2) is 31.6 Å². The molecule has 4 heteroatoms. The molecule has 0 spiro atoms. The maximum Gasteiger partial charge on any atom is 0.0640 e. The van der Waals surface area contributed by atoms with Gasteiger partial charge in [-0.05, 0) is 18.7 Å². The molecule has 1 N–H and O–H groups in total. The Hall–Kier alpha value is -0.280. The summed E-state index contributed by atoms with van der Waals surface area (Å²) in [5, 5.41) is 4.68. The summed E-state index contributed by atoms with van der Waals surface area (Å²) in [6.45, 7) is 3.00. The van der Waals surface area contributed by atoms with Gasteiger partial charge < -0.3 is 5.32 Å². The van der Waals surface area contributed by atoms with Crippen LogP contribution in [0.25, 0.3) is 0 Å². The molecule has 1 heterocycles. The van der Waals surface area contributed by atoms with Crippen molar-refractivity contribution in [3.8, 4) is 0 Å². The van der Waals surface area contributed by atoms with E-state index >= 15 is 0 Å². The van der Waals surface area contributed by atoms with E-state index in [1.165, 1.54) is 0 Å². The van der Waals surface area contributed by atoms with Gasteiger partial charge in [-0.2, -0.15) is 0 Å². The number of nitrogens with zero attached hydrogens (tertiary/aromatic N) is 1. The molecule has 1 saturated heterocycles. The molecule has 1 unspecified atom stereocenters. The minimum Gasteiger partial charge on any atom is -0.314 e. The highest BCUT2D eigenvalue weighted by Crippen LogP contribution is 2.32. The molecule has 0 bridgehead atoms. The lowest BCUT2D eigenvalue weighted by Crippen LogP contribution is -2.43. The van der Waals surface area contributed by atoms with Crippen molar-refractivity contribution in [2.75, 3.05) is 26.7 Å². The Morgan fingerprint density at radius 1 is 1.40 bits per heavy atom. The zero-order valence-corrected chi connectivity index (χ0v) is 10.1. The number of piperazine rings is 1. The second-order valence-corrected chi connectivity index (χ2v) is 4.63. The van der Waals surface area contributed by atoms with Gasteiger partial charge in [0, 0.05) is 25.7 Å². The second kappa shape index (κ2) is 4.71. The van der Waals surface area contributed by atoms with E-state index in [2.05, 4.69) is 17.3 Å². The van der Waals surface area contributed by atoms with Crippen LogP contribution in [0.3, 0.4) is 0 Å². The summed E-state index contributed by atoms with van der Waals surface area (Å²) < 4.78 is 0. The Kier molecular flexibility index (Phi) is 3.52. The van der Waals surface area contributed by atoms with Gasteiger partial charge in [0.1, 0.15) is 0 Å². The van der Waals surface area contributed by atoms with Gasteiger partial charge in [-0.3, -0.25) is 4.90 Å². The maximum absolute atomic E-state index is 6.21. The van der Waals surface area contributed by atoms with Crippen molar-refractivity contribution in [1.29, 1.82) is 0 Å². The van der Waals surface area contributed by atoms with Gasteiger partial charge in [-0.25, -0.2) is 0 Å². The van der Waals surface area contributed by atoms with E-state index in [0.717, 1.165) is 25.2 Å². The predicted octanol–water partition coefficient (Wildman–Crippen LogP) is 2.57. The van der Waals surface area contributed by atoms with E-state index in [1.54, 1.807) is 0 Å². The monoisotopic (exact) mass is 244 g/mol. The molecule has 1 fully saturated rings. The number of rotatable bonds is 1. The number of hydrogen-bond acceptors (Lipinski definition) is 2. The first-order chi connectivity index (χ1) is 7.20. The zero-order chi connectivity index (χ0) is 10.8. The van der Waals surface area contributed by atoms with E-state index in [9.17, 15) is 0 Å². The fourth-order valence-corrected chi connectivity index (χ4v) is 2.36. The molecule has 1 aromatic rings. The molecule has 15 heavy (non-hydrogen) atoms. The van der Waals surface area contributed by atoms with Crippen molar-refractivity contribution in [2.45, 2.75) is 6.04 Å². The van der Waals surface area contributed by atoms with Gasteiger partial charge in [0.15, 0.2) is 0 Å². The fraction of sp³-hybridized carbons (Fsp3) is 0.455. The Morgan fingerprint density at radius 3 is 2.93 bits per heavy atom. The van der Waals surface area contributed by atoms with E-state index in [-0.39, 0.29) is 0 Å². The minimum absolute atomic E-state index is 0.324. The van der Waals surface area contributed by atoms with Crippen LogP contribution in [0, 0.1) is 0 Å². The molecule has 1 aliphatic heterocycles. The lowest BCUT2D eigenvalue weighted by atomic mass is 10.0. The Balaban J connectivity index is 2.31. The van der Waals surface area contributed by atoms with Gasteiger partial charge in [0.25, 0.3) is 0 Å². The Labute approximate surface area is 100 Å². The van der Waals surface area contributed by atoms with Crippen molar-refractivity contribution in [3.05, 3.63) is 33.8 Å². The van der Waals surface area contributed by atoms with Crippen LogP contribution >= 0.6 is 23.2 Å². The van der Waals surface area contributed by atoms with Crippen molar-refractivity contribution in [1.82, 2.24) is 10.2 Å². The molecule has 0 radical (unpaired) electrons. The van der Waals surface area contributed by atoms with Gasteiger partial charge in [0.2, 0.25) is 0 Å². The molecule has 2 rings (SSSR count). The third-order valence-electron chi connectivity index (χ3n) is 2.85. The van der Waals surface area contributed by atoms with Gasteiger partial charge in [0.05, 0.1) is 10.0 Å². The first-order valence-electron chi connectivity index (χ1n) is 5.05. The number of hydrogen-bond donors (Lipinski definition) is 1. The molecule has 0 aromatic heterocycles. The minimum atomic E-state index is 0.324. The zero-order valence-electron chi connectivity index (χ0n) is 8.63. The molecule has 82 valence electrons. The summed E-state index contributed by atoms with van der Waals surface area (Å²) in [5.41, 5.74) is 1.11. The molecular weight excluding hydrogens is 231 g/mol. The molecule has 1 aromatic carbocycles. The van der Waals surface area contributed by atoms with Crippen LogP contribution in [0.5, 0.6) is 0 Å². The predicted molar refractivity (Wildman–Crippen MR) is 64.7 cm³/mol. The molecule has 1 aliphatic rings. The van der Waals surface area contributed by atoms with Crippen LogP contribution in [-0.2, 0) is 0 Å². The van der Waals surface area contributed by atoms with Crippen LogP contribution in [0.2, 0.25) is 10.0 Å². The first-order valence-corrected chi connectivity index (χ1v) is 5.80. The lowest BCUT2D eigenvalue weighted by molar-refractivity contribution is 0.202. The number of likely N-dealkylation sites (N-methyl/N-ethyl adjacent to an activating group) is 1. The van der Waals surface area contributed by atoms with Gasteiger partial charge >= 0.3 is 0 Å². The third-order valence-corrected chi connectivity index (χ3v) is 3.69. The van der Waals surface area contributed by atoms with E-state index in [1.807, 2.05) is 18.2 Å². The SMILES string of the molecule is CN1CCNCC1c1cccc(Cl)c1Cl. The highest BCUT2D eigenvalue weighted by atomic mass is 35.5. The molecule has 1 atom stereocenters. The fourth-order valence-electron chi connectivity index (χ4n) is 1.93. The standard InChI is InChI=1S/C11H14Cl2N2/c1-15-6-5-14-7-10(15)8-3-2-4-9(12)11(8)13/h2-4,10,14H,5-7H2,1H3. The quantitative estimate of drug-likeness (QED) is 0.818. The van der Waals surface area contributed by atoms with Crippen molar-refractivity contribution < 1.29 is 0 Å². The van der Waals surface area contributed by atoms with Crippen LogP contribution in [0.15, 0.2) is 18.2 Å². The number of halogens is 2. The summed E-state index contributed by atoms with van der Waals surface area (Å²) in [6, 6.07) is 6.14. The lowest BCUT2D eigenvalue weighted by Gasteiger charge is -2.33. The Bertz CT molecular complexity index is 354. The average molecular weight is 245 g/mol. The number of nitrogens with one attached hydrogen (secondary N) is 1. The summed E-state index contributed by atoms with van der Waals surface area (Å²) in [7, 11) is 2.11. The average Bonchev–Trinajstić information content (AvgIpc) is 2.23. The van der Waals surface area contributed by atoms with Crippen LogP contribution in [0.1, 0.15) is 11.6 Å². The number of benzene rings is 1. The van der Waals surface area contributed by atoms with E-state index in [4.69, 9.17) is 23.2 Å². The molecular formula is C11H14Cl2N2. The van der Waals surface area contributed by atoms with Crippen molar-refractivity contribution in [2.24, 2.45) is 0 Å². The smallest absolute Gasteiger partial charge is 0.0640 e. The van der Waals surface area contributed by atoms with Crippen molar-refractivity contribution in [3.63, 3.8) is 0 Å². The first kappa shape index (κ1) is 11.2. The highest BCUT2D eigenvalue weighted by molar-refractivity contribution is 6.42. The second-order valence-electron chi connectivity index (χ2n) is 3.84. The molecule has 0 amide bonds. The Morgan fingerprint density at radius 2 is 2.20 bits per heavy atom. The summed E-state index contributed by atoms with van der Waals surface area (Å²) in [6.07, 6.45) is 0. The summed E-state index contributed by atoms with van der Waals surface area (Å²) >= 11 is 12.2. The van der Waals surface area contributed by atoms with E-state index in [0.29, 0.717) is 16.1 Å². The molecule has 2 nitrogen and oxygen atoms in total. The van der Waals surface area contributed by atoms with Crippen LogP contribution < -0.4 is 5.32 Å². The van der Waals surface area contributed by atoms with Crippen molar-refractivity contribution >= 4 is 23.2 Å². The maximum atomic E-state index is 6.21. The summed E-state index contributed by atoms with van der Waals surface area (Å²) in [5.74, 6) is 0. The van der Waals surface area contributed by atoms with Gasteiger partial charge in [-0.1, -0.05) is 35.3 Å². The highest BCUT2D eigenvalue weighted by Gasteiger charge is 2.22. The molecule has 0 aliphatic carbocycles. The normalized spacial score (nSPS) is 23.0. The molecule has 0 saturated carbocycles. The van der Waals surface area contributed by atoms with E-state index < -0.39 is 0 Å². The third kappa shape index (κ3) is 2.28. The summed E-state index contributed by atoms with van der Waals surface area (Å²) in [4.78, 5) is 2.30. The largest absolute Gasteiger partial charge is 0.314 e.